The van der Waals surface area contributed by atoms with Crippen molar-refractivity contribution in [2.45, 2.75) is 6.54 Å². The highest BCUT2D eigenvalue weighted by atomic mass is 16.5. The smallest absolute Gasteiger partial charge is 0.228 e. The van der Waals surface area contributed by atoms with E-state index >= 15 is 0 Å². The Morgan fingerprint density at radius 2 is 1.70 bits per heavy atom. The van der Waals surface area contributed by atoms with Crippen LogP contribution in [-0.2, 0) is 11.3 Å². The van der Waals surface area contributed by atoms with Gasteiger partial charge in [-0.1, -0.05) is 42.5 Å². The monoisotopic (exact) mass is 397 g/mol. The SMILES string of the molecule is c1ccc(-c2ccc3c(NCc4ccccn4)nc(N4CCOCC4)nc3c2)cc1. The molecule has 2 aromatic carbocycles. The van der Waals surface area contributed by atoms with Gasteiger partial charge in [-0.05, 0) is 35.4 Å². The number of nitrogens with zero attached hydrogens (tertiary/aromatic N) is 4. The number of benzene rings is 2. The molecule has 1 aliphatic heterocycles. The predicted octanol–water partition coefficient (Wildman–Crippen LogP) is 4.14. The van der Waals surface area contributed by atoms with E-state index in [9.17, 15) is 0 Å². The van der Waals surface area contributed by atoms with Crippen molar-refractivity contribution < 1.29 is 4.74 Å². The van der Waals surface area contributed by atoms with Crippen molar-refractivity contribution in [2.75, 3.05) is 36.5 Å². The Morgan fingerprint density at radius 1 is 0.867 bits per heavy atom. The van der Waals surface area contributed by atoms with Gasteiger partial charge in [0.1, 0.15) is 5.82 Å². The number of hydrogen-bond donors (Lipinski definition) is 1. The highest BCUT2D eigenvalue weighted by Crippen LogP contribution is 2.29. The molecule has 5 rings (SSSR count). The minimum absolute atomic E-state index is 0.607. The number of fused-ring (bicyclic) bond motifs is 1. The summed E-state index contributed by atoms with van der Waals surface area (Å²) in [5.74, 6) is 1.56. The first-order valence-electron chi connectivity index (χ1n) is 10.2. The van der Waals surface area contributed by atoms with E-state index in [1.807, 2.05) is 24.3 Å². The summed E-state index contributed by atoms with van der Waals surface area (Å²) in [7, 11) is 0. The van der Waals surface area contributed by atoms with Crippen LogP contribution in [0.1, 0.15) is 5.69 Å². The highest BCUT2D eigenvalue weighted by molar-refractivity contribution is 5.93. The third kappa shape index (κ3) is 3.95. The van der Waals surface area contributed by atoms with Gasteiger partial charge in [-0.25, -0.2) is 4.98 Å². The molecule has 0 saturated carbocycles. The molecule has 1 saturated heterocycles. The topological polar surface area (TPSA) is 63.2 Å². The van der Waals surface area contributed by atoms with E-state index in [0.29, 0.717) is 19.8 Å². The van der Waals surface area contributed by atoms with E-state index < -0.39 is 0 Å². The molecule has 0 unspecified atom stereocenters. The number of nitrogens with one attached hydrogen (secondary N) is 1. The molecule has 0 spiro atoms. The van der Waals surface area contributed by atoms with Crippen LogP contribution >= 0.6 is 0 Å². The fraction of sp³-hybridized carbons (Fsp3) is 0.208. The minimum atomic E-state index is 0.607. The van der Waals surface area contributed by atoms with E-state index in [0.717, 1.165) is 47.0 Å². The van der Waals surface area contributed by atoms with Crippen molar-refractivity contribution in [3.8, 4) is 11.1 Å². The van der Waals surface area contributed by atoms with Gasteiger partial charge in [0.15, 0.2) is 0 Å². The van der Waals surface area contributed by atoms with Gasteiger partial charge in [0.25, 0.3) is 0 Å². The van der Waals surface area contributed by atoms with Gasteiger partial charge in [-0.15, -0.1) is 0 Å². The van der Waals surface area contributed by atoms with Crippen molar-refractivity contribution in [3.05, 3.63) is 78.6 Å². The Balaban J connectivity index is 1.55. The van der Waals surface area contributed by atoms with Crippen LogP contribution in [0.2, 0.25) is 0 Å². The lowest BCUT2D eigenvalue weighted by molar-refractivity contribution is 0.122. The molecular weight excluding hydrogens is 374 g/mol. The van der Waals surface area contributed by atoms with Crippen LogP contribution in [0.5, 0.6) is 0 Å². The largest absolute Gasteiger partial charge is 0.378 e. The van der Waals surface area contributed by atoms with Crippen LogP contribution in [0.3, 0.4) is 0 Å². The average molecular weight is 397 g/mol. The van der Waals surface area contributed by atoms with Gasteiger partial charge in [-0.3, -0.25) is 4.98 Å². The number of morpholine rings is 1. The molecule has 30 heavy (non-hydrogen) atoms. The summed E-state index contributed by atoms with van der Waals surface area (Å²) in [6.45, 7) is 3.59. The quantitative estimate of drug-likeness (QED) is 0.546. The van der Waals surface area contributed by atoms with Gasteiger partial charge in [-0.2, -0.15) is 4.98 Å². The van der Waals surface area contributed by atoms with Crippen molar-refractivity contribution in [2.24, 2.45) is 0 Å². The van der Waals surface area contributed by atoms with Crippen LogP contribution < -0.4 is 10.2 Å². The van der Waals surface area contributed by atoms with Crippen molar-refractivity contribution >= 4 is 22.7 Å². The third-order valence-corrected chi connectivity index (χ3v) is 5.25. The molecule has 6 nitrogen and oxygen atoms in total. The summed E-state index contributed by atoms with van der Waals surface area (Å²) in [5.41, 5.74) is 4.22. The van der Waals surface area contributed by atoms with Gasteiger partial charge >= 0.3 is 0 Å². The molecule has 0 amide bonds. The van der Waals surface area contributed by atoms with Crippen LogP contribution in [0.25, 0.3) is 22.0 Å². The summed E-state index contributed by atoms with van der Waals surface area (Å²) in [4.78, 5) is 16.4. The van der Waals surface area contributed by atoms with Crippen molar-refractivity contribution in [1.82, 2.24) is 15.0 Å². The Labute approximate surface area is 175 Å². The van der Waals surface area contributed by atoms with Crippen LogP contribution in [0.15, 0.2) is 72.9 Å². The number of hydrogen-bond acceptors (Lipinski definition) is 6. The van der Waals surface area contributed by atoms with E-state index in [1.165, 1.54) is 5.56 Å². The van der Waals surface area contributed by atoms with E-state index in [1.54, 1.807) is 6.20 Å². The second-order valence-electron chi connectivity index (χ2n) is 7.24. The number of rotatable bonds is 5. The molecule has 0 bridgehead atoms. The molecule has 150 valence electrons. The lowest BCUT2D eigenvalue weighted by Gasteiger charge is -2.27. The Morgan fingerprint density at radius 3 is 2.50 bits per heavy atom. The highest BCUT2D eigenvalue weighted by Gasteiger charge is 2.17. The van der Waals surface area contributed by atoms with Crippen LogP contribution in [-0.4, -0.2) is 41.3 Å². The second-order valence-corrected chi connectivity index (χ2v) is 7.24. The summed E-state index contributed by atoms with van der Waals surface area (Å²) in [5, 5.41) is 4.47. The lowest BCUT2D eigenvalue weighted by atomic mass is 10.0. The molecule has 1 fully saturated rings. The van der Waals surface area contributed by atoms with Crippen molar-refractivity contribution in [3.63, 3.8) is 0 Å². The Kier molecular flexibility index (Phi) is 5.23. The Hall–Kier alpha value is -3.51. The predicted molar refractivity (Wildman–Crippen MR) is 120 cm³/mol. The maximum Gasteiger partial charge on any atom is 0.228 e. The zero-order valence-electron chi connectivity index (χ0n) is 16.7. The molecule has 1 N–H and O–H groups in total. The van der Waals surface area contributed by atoms with Crippen molar-refractivity contribution in [1.29, 1.82) is 0 Å². The van der Waals surface area contributed by atoms with Gasteiger partial charge in [0.2, 0.25) is 5.95 Å². The molecule has 1 aliphatic rings. The van der Waals surface area contributed by atoms with Gasteiger partial charge in [0.05, 0.1) is 31.0 Å². The Bertz CT molecular complexity index is 1130. The maximum atomic E-state index is 5.50. The van der Waals surface area contributed by atoms with Crippen LogP contribution in [0.4, 0.5) is 11.8 Å². The molecule has 2 aromatic heterocycles. The zero-order valence-corrected chi connectivity index (χ0v) is 16.7. The van der Waals surface area contributed by atoms with Crippen LogP contribution in [0, 0.1) is 0 Å². The first-order valence-corrected chi connectivity index (χ1v) is 10.2. The molecule has 6 heteroatoms. The molecule has 0 aliphatic carbocycles. The molecule has 0 radical (unpaired) electrons. The number of ether oxygens (including phenoxy) is 1. The fourth-order valence-electron chi connectivity index (χ4n) is 3.64. The summed E-state index contributed by atoms with van der Waals surface area (Å²) < 4.78 is 5.50. The standard InChI is InChI=1S/C24H23N5O/c1-2-6-18(7-3-1)19-9-10-21-22(16-19)27-24(29-12-14-30-15-13-29)28-23(21)26-17-20-8-4-5-11-25-20/h1-11,16H,12-15,17H2,(H,26,27,28). The summed E-state index contributed by atoms with van der Waals surface area (Å²) in [6.07, 6.45) is 1.81. The maximum absolute atomic E-state index is 5.50. The third-order valence-electron chi connectivity index (χ3n) is 5.25. The number of pyridine rings is 1. The van der Waals surface area contributed by atoms with E-state index in [2.05, 4.69) is 57.7 Å². The fourth-order valence-corrected chi connectivity index (χ4v) is 3.64. The number of aromatic nitrogens is 3. The molecule has 0 atom stereocenters. The first-order chi connectivity index (χ1) is 14.9. The molecular formula is C24H23N5O. The summed E-state index contributed by atoms with van der Waals surface area (Å²) in [6, 6.07) is 22.7. The lowest BCUT2D eigenvalue weighted by Crippen LogP contribution is -2.37. The van der Waals surface area contributed by atoms with Gasteiger partial charge in [0, 0.05) is 24.7 Å². The second kappa shape index (κ2) is 8.47. The molecule has 3 heterocycles. The van der Waals surface area contributed by atoms with Gasteiger partial charge < -0.3 is 15.0 Å². The molecule has 4 aromatic rings. The number of anilines is 2. The van der Waals surface area contributed by atoms with E-state index in [4.69, 9.17) is 14.7 Å². The first kappa shape index (κ1) is 18.5. The summed E-state index contributed by atoms with van der Waals surface area (Å²) >= 11 is 0. The minimum Gasteiger partial charge on any atom is -0.378 e. The average Bonchev–Trinajstić information content (AvgIpc) is 2.84. The van der Waals surface area contributed by atoms with E-state index in [-0.39, 0.29) is 0 Å². The zero-order chi connectivity index (χ0) is 20.2. The normalized spacial score (nSPS) is 14.1.